The Morgan fingerprint density at radius 1 is 1.24 bits per heavy atom. The van der Waals surface area contributed by atoms with Gasteiger partial charge >= 0.3 is 0 Å². The van der Waals surface area contributed by atoms with Crippen molar-refractivity contribution in [2.45, 2.75) is 6.54 Å². The Morgan fingerprint density at radius 2 is 2.00 bits per heavy atom. The number of carbonyl (C=O) groups excluding carboxylic acids is 1. The Kier molecular flexibility index (Phi) is 5.17. The van der Waals surface area contributed by atoms with Gasteiger partial charge in [0, 0.05) is 5.69 Å². The quantitative estimate of drug-likeness (QED) is 0.790. The Balaban J connectivity index is 2.30. The minimum Gasteiger partial charge on any atom is -0.497 e. The fraction of sp³-hybridized carbons (Fsp3) is 0.188. The third-order valence-electron chi connectivity index (χ3n) is 3.01. The summed E-state index contributed by atoms with van der Waals surface area (Å²) in [4.78, 5) is 13.5. The lowest BCUT2D eigenvalue weighted by molar-refractivity contribution is -0.116. The summed E-state index contributed by atoms with van der Waals surface area (Å²) in [6.07, 6.45) is 0. The van der Waals surface area contributed by atoms with Crippen LogP contribution in [0.5, 0.6) is 5.75 Å². The summed E-state index contributed by atoms with van der Waals surface area (Å²) in [5, 5.41) is 0. The maximum atomic E-state index is 13.4. The summed E-state index contributed by atoms with van der Waals surface area (Å²) >= 11 is 5.65. The lowest BCUT2D eigenvalue weighted by Gasteiger charge is -2.22. The Hall–Kier alpha value is -2.07. The number of alkyl halides is 1. The summed E-state index contributed by atoms with van der Waals surface area (Å²) in [5.74, 6) is -0.152. The van der Waals surface area contributed by atoms with Gasteiger partial charge in [0.2, 0.25) is 5.91 Å². The van der Waals surface area contributed by atoms with Crippen molar-refractivity contribution >= 4 is 23.2 Å². The largest absolute Gasteiger partial charge is 0.497 e. The Bertz CT molecular complexity index is 633. The number of benzene rings is 2. The molecule has 3 nitrogen and oxygen atoms in total. The van der Waals surface area contributed by atoms with E-state index >= 15 is 0 Å². The molecule has 0 radical (unpaired) electrons. The average Bonchev–Trinajstić information content (AvgIpc) is 2.52. The first-order valence-corrected chi connectivity index (χ1v) is 6.92. The molecule has 0 saturated carbocycles. The molecule has 0 atom stereocenters. The van der Waals surface area contributed by atoms with Crippen molar-refractivity contribution < 1.29 is 13.9 Å². The molecule has 0 fully saturated rings. The SMILES string of the molecule is COc1cccc(CN(C(=O)CCl)c2cccc(F)c2)c1. The summed E-state index contributed by atoms with van der Waals surface area (Å²) in [6.45, 7) is 0.298. The minimum absolute atomic E-state index is 0.166. The van der Waals surface area contributed by atoms with Gasteiger partial charge in [-0.25, -0.2) is 4.39 Å². The van der Waals surface area contributed by atoms with E-state index in [0.29, 0.717) is 18.0 Å². The zero-order valence-electron chi connectivity index (χ0n) is 11.6. The predicted octanol–water partition coefficient (Wildman–Crippen LogP) is 3.61. The smallest absolute Gasteiger partial charge is 0.242 e. The van der Waals surface area contributed by atoms with Crippen LogP contribution in [-0.4, -0.2) is 18.9 Å². The molecule has 0 aliphatic heterocycles. The molecule has 0 aromatic heterocycles. The molecule has 5 heteroatoms. The Labute approximate surface area is 127 Å². The zero-order chi connectivity index (χ0) is 15.2. The van der Waals surface area contributed by atoms with Crippen molar-refractivity contribution in [1.82, 2.24) is 0 Å². The number of ether oxygens (including phenoxy) is 1. The van der Waals surface area contributed by atoms with Crippen LogP contribution in [0.4, 0.5) is 10.1 Å². The van der Waals surface area contributed by atoms with Crippen LogP contribution in [0.25, 0.3) is 0 Å². The lowest BCUT2D eigenvalue weighted by Crippen LogP contribution is -2.31. The fourth-order valence-corrected chi connectivity index (χ4v) is 2.14. The van der Waals surface area contributed by atoms with E-state index in [-0.39, 0.29) is 11.8 Å². The van der Waals surface area contributed by atoms with Crippen LogP contribution in [0.1, 0.15) is 5.56 Å². The van der Waals surface area contributed by atoms with E-state index in [1.165, 1.54) is 17.0 Å². The topological polar surface area (TPSA) is 29.5 Å². The summed E-state index contributed by atoms with van der Waals surface area (Å²) < 4.78 is 18.5. The first-order valence-electron chi connectivity index (χ1n) is 6.39. The molecule has 0 N–H and O–H groups in total. The second-order valence-electron chi connectivity index (χ2n) is 4.44. The molecule has 2 rings (SSSR count). The first kappa shape index (κ1) is 15.3. The maximum Gasteiger partial charge on any atom is 0.242 e. The number of halogens is 2. The van der Waals surface area contributed by atoms with Crippen molar-refractivity contribution in [2.24, 2.45) is 0 Å². The van der Waals surface area contributed by atoms with Gasteiger partial charge in [0.15, 0.2) is 0 Å². The van der Waals surface area contributed by atoms with Crippen LogP contribution in [-0.2, 0) is 11.3 Å². The normalized spacial score (nSPS) is 10.2. The van der Waals surface area contributed by atoms with Gasteiger partial charge in [0.1, 0.15) is 17.4 Å². The molecule has 110 valence electrons. The van der Waals surface area contributed by atoms with Crippen molar-refractivity contribution in [1.29, 1.82) is 0 Å². The van der Waals surface area contributed by atoms with Gasteiger partial charge in [-0.15, -0.1) is 11.6 Å². The molecule has 0 aliphatic rings. The highest BCUT2D eigenvalue weighted by atomic mass is 35.5. The number of carbonyl (C=O) groups is 1. The van der Waals surface area contributed by atoms with E-state index < -0.39 is 5.82 Å². The fourth-order valence-electron chi connectivity index (χ4n) is 1.99. The van der Waals surface area contributed by atoms with Crippen molar-refractivity contribution in [2.75, 3.05) is 17.9 Å². The van der Waals surface area contributed by atoms with Gasteiger partial charge in [-0.1, -0.05) is 18.2 Å². The minimum atomic E-state index is -0.398. The standard InChI is InChI=1S/C16H15ClFNO2/c1-21-15-7-2-4-12(8-15)11-19(16(20)10-17)14-6-3-5-13(18)9-14/h2-9H,10-11H2,1H3. The number of rotatable bonds is 5. The van der Waals surface area contributed by atoms with Crippen LogP contribution >= 0.6 is 11.6 Å². The van der Waals surface area contributed by atoms with Crippen LogP contribution < -0.4 is 9.64 Å². The van der Waals surface area contributed by atoms with Gasteiger partial charge < -0.3 is 9.64 Å². The molecule has 0 bridgehead atoms. The van der Waals surface area contributed by atoms with E-state index in [4.69, 9.17) is 16.3 Å². The van der Waals surface area contributed by atoms with E-state index in [2.05, 4.69) is 0 Å². The molecule has 2 aromatic rings. The van der Waals surface area contributed by atoms with Crippen LogP contribution in [0.15, 0.2) is 48.5 Å². The summed E-state index contributed by atoms with van der Waals surface area (Å²) in [6, 6.07) is 13.2. The van der Waals surface area contributed by atoms with E-state index in [0.717, 1.165) is 5.56 Å². The number of anilines is 1. The van der Waals surface area contributed by atoms with Gasteiger partial charge in [-0.2, -0.15) is 0 Å². The van der Waals surface area contributed by atoms with Crippen LogP contribution in [0.2, 0.25) is 0 Å². The highest BCUT2D eigenvalue weighted by Crippen LogP contribution is 2.21. The first-order chi connectivity index (χ1) is 10.1. The molecule has 2 aromatic carbocycles. The molecule has 1 amide bonds. The molecular weight excluding hydrogens is 293 g/mol. The molecule has 0 unspecified atom stereocenters. The van der Waals surface area contributed by atoms with Crippen molar-refractivity contribution in [3.8, 4) is 5.75 Å². The van der Waals surface area contributed by atoms with Crippen LogP contribution in [0, 0.1) is 5.82 Å². The maximum absolute atomic E-state index is 13.4. The second-order valence-corrected chi connectivity index (χ2v) is 4.71. The number of amides is 1. The molecule has 0 spiro atoms. The molecule has 0 aliphatic carbocycles. The Morgan fingerprint density at radius 3 is 2.67 bits per heavy atom. The second kappa shape index (κ2) is 7.09. The average molecular weight is 308 g/mol. The number of hydrogen-bond acceptors (Lipinski definition) is 2. The van der Waals surface area contributed by atoms with Gasteiger partial charge in [0.25, 0.3) is 0 Å². The number of methoxy groups -OCH3 is 1. The summed E-state index contributed by atoms with van der Waals surface area (Å²) in [5.41, 5.74) is 1.35. The number of nitrogens with zero attached hydrogens (tertiary/aromatic N) is 1. The van der Waals surface area contributed by atoms with Crippen molar-refractivity contribution in [3.05, 3.63) is 59.9 Å². The number of hydrogen-bond donors (Lipinski definition) is 0. The van der Waals surface area contributed by atoms with Crippen molar-refractivity contribution in [3.63, 3.8) is 0 Å². The third-order valence-corrected chi connectivity index (χ3v) is 3.24. The molecule has 21 heavy (non-hydrogen) atoms. The summed E-state index contributed by atoms with van der Waals surface area (Å²) in [7, 11) is 1.58. The van der Waals surface area contributed by atoms with Gasteiger partial charge in [-0.05, 0) is 35.9 Å². The molecule has 0 heterocycles. The van der Waals surface area contributed by atoms with E-state index in [9.17, 15) is 9.18 Å². The highest BCUT2D eigenvalue weighted by Gasteiger charge is 2.16. The van der Waals surface area contributed by atoms with E-state index in [1.807, 2.05) is 24.3 Å². The predicted molar refractivity (Wildman–Crippen MR) is 81.3 cm³/mol. The molecular formula is C16H15ClFNO2. The third kappa shape index (κ3) is 3.95. The molecule has 0 saturated heterocycles. The zero-order valence-corrected chi connectivity index (χ0v) is 12.3. The lowest BCUT2D eigenvalue weighted by atomic mass is 10.2. The van der Waals surface area contributed by atoms with Gasteiger partial charge in [0.05, 0.1) is 13.7 Å². The van der Waals surface area contributed by atoms with Gasteiger partial charge in [-0.3, -0.25) is 4.79 Å². The van der Waals surface area contributed by atoms with Crippen LogP contribution in [0.3, 0.4) is 0 Å². The monoisotopic (exact) mass is 307 g/mol. The van der Waals surface area contributed by atoms with E-state index in [1.54, 1.807) is 19.2 Å². The highest BCUT2D eigenvalue weighted by molar-refractivity contribution is 6.29.